The Morgan fingerprint density at radius 1 is 1.44 bits per heavy atom. The molecule has 0 heterocycles. The smallest absolute Gasteiger partial charge is 0.423 e. The van der Waals surface area contributed by atoms with E-state index >= 15 is 0 Å². The van der Waals surface area contributed by atoms with Crippen LogP contribution < -0.4 is 4.74 Å². The zero-order chi connectivity index (χ0) is 12.5. The molecule has 0 saturated carbocycles. The number of hydrogen-bond donors (Lipinski definition) is 0. The van der Waals surface area contributed by atoms with Crippen LogP contribution in [0.3, 0.4) is 0 Å². The van der Waals surface area contributed by atoms with Gasteiger partial charge in [-0.15, -0.1) is 0 Å². The van der Waals surface area contributed by atoms with Gasteiger partial charge in [0, 0.05) is 0 Å². The molecular formula is C8H5BrF3NO3. The van der Waals surface area contributed by atoms with Crippen LogP contribution in [0.25, 0.3) is 0 Å². The predicted octanol–water partition coefficient (Wildman–Crippen LogP) is 3.38. The lowest BCUT2D eigenvalue weighted by atomic mass is 10.1. The Morgan fingerprint density at radius 2 is 2.00 bits per heavy atom. The summed E-state index contributed by atoms with van der Waals surface area (Å²) in [6.45, 7) is 0. The van der Waals surface area contributed by atoms with Gasteiger partial charge in [0.15, 0.2) is 0 Å². The van der Waals surface area contributed by atoms with E-state index in [0.717, 1.165) is 6.07 Å². The lowest BCUT2D eigenvalue weighted by Crippen LogP contribution is -2.09. The van der Waals surface area contributed by atoms with E-state index in [0.29, 0.717) is 6.07 Å². The average Bonchev–Trinajstić information content (AvgIpc) is 2.15. The molecule has 1 aromatic carbocycles. The van der Waals surface area contributed by atoms with Gasteiger partial charge in [0.25, 0.3) is 5.69 Å². The van der Waals surface area contributed by atoms with Gasteiger partial charge in [0.1, 0.15) is 11.3 Å². The van der Waals surface area contributed by atoms with E-state index in [2.05, 4.69) is 20.7 Å². The number of ether oxygens (including phenoxy) is 1. The summed E-state index contributed by atoms with van der Waals surface area (Å²) in [6.07, 6.45) is -4.78. The molecule has 0 radical (unpaired) electrons. The van der Waals surface area contributed by atoms with Gasteiger partial charge in [-0.3, -0.25) is 10.1 Å². The van der Waals surface area contributed by atoms with Crippen LogP contribution in [0, 0.1) is 10.1 Å². The second kappa shape index (κ2) is 4.28. The Kier molecular flexibility index (Phi) is 3.41. The van der Waals surface area contributed by atoms with E-state index in [1.54, 1.807) is 0 Å². The molecule has 0 bridgehead atoms. The maximum atomic E-state index is 12.5. The Hall–Kier alpha value is -1.31. The average molecular weight is 300 g/mol. The van der Waals surface area contributed by atoms with Gasteiger partial charge in [-0.05, 0) is 22.0 Å². The summed E-state index contributed by atoms with van der Waals surface area (Å²) >= 11 is 2.84. The number of nitro benzene ring substituents is 1. The number of alkyl halides is 3. The first kappa shape index (κ1) is 12.8. The van der Waals surface area contributed by atoms with Crippen molar-refractivity contribution in [3.05, 3.63) is 32.3 Å². The molecule has 88 valence electrons. The number of benzene rings is 1. The zero-order valence-corrected chi connectivity index (χ0v) is 9.42. The van der Waals surface area contributed by atoms with Gasteiger partial charge in [0.2, 0.25) is 0 Å². The summed E-state index contributed by atoms with van der Waals surface area (Å²) in [5.74, 6) is -0.0281. The molecule has 0 aliphatic carbocycles. The molecule has 0 aliphatic heterocycles. The molecule has 0 saturated heterocycles. The summed E-state index contributed by atoms with van der Waals surface area (Å²) < 4.78 is 42.1. The van der Waals surface area contributed by atoms with E-state index in [-0.39, 0.29) is 10.2 Å². The van der Waals surface area contributed by atoms with Crippen molar-refractivity contribution in [3.63, 3.8) is 0 Å². The quantitative estimate of drug-likeness (QED) is 0.621. The Balaban J connectivity index is 3.49. The fourth-order valence-electron chi connectivity index (χ4n) is 1.08. The number of nitrogens with zero attached hydrogens (tertiary/aromatic N) is 1. The van der Waals surface area contributed by atoms with Crippen molar-refractivity contribution in [2.75, 3.05) is 7.11 Å². The number of nitro groups is 1. The number of rotatable bonds is 2. The molecule has 16 heavy (non-hydrogen) atoms. The lowest BCUT2D eigenvalue weighted by Gasteiger charge is -2.10. The second-order valence-electron chi connectivity index (χ2n) is 2.76. The molecule has 8 heteroatoms. The number of halogens is 4. The van der Waals surface area contributed by atoms with E-state index in [1.165, 1.54) is 7.11 Å². The summed E-state index contributed by atoms with van der Waals surface area (Å²) in [7, 11) is 1.21. The highest BCUT2D eigenvalue weighted by Gasteiger charge is 2.39. The highest BCUT2D eigenvalue weighted by molar-refractivity contribution is 9.10. The first-order valence-corrected chi connectivity index (χ1v) is 4.65. The SMILES string of the molecule is COc1cc([N+](=O)[O-])c(C(F)(F)F)cc1Br. The summed E-state index contributed by atoms with van der Waals surface area (Å²) in [5, 5.41) is 10.5. The van der Waals surface area contributed by atoms with E-state index in [1.807, 2.05) is 0 Å². The van der Waals surface area contributed by atoms with Crippen molar-refractivity contribution < 1.29 is 22.8 Å². The minimum Gasteiger partial charge on any atom is -0.495 e. The molecule has 0 amide bonds. The van der Waals surface area contributed by atoms with Crippen LogP contribution in [-0.4, -0.2) is 12.0 Å². The number of hydrogen-bond acceptors (Lipinski definition) is 3. The van der Waals surface area contributed by atoms with Crippen molar-refractivity contribution in [3.8, 4) is 5.75 Å². The summed E-state index contributed by atoms with van der Waals surface area (Å²) in [6, 6.07) is 1.35. The maximum absolute atomic E-state index is 12.5. The molecule has 4 nitrogen and oxygen atoms in total. The molecule has 0 unspecified atom stereocenters. The first-order valence-electron chi connectivity index (χ1n) is 3.86. The topological polar surface area (TPSA) is 52.4 Å². The first-order chi connectivity index (χ1) is 7.27. The van der Waals surface area contributed by atoms with Crippen LogP contribution in [-0.2, 0) is 6.18 Å². The van der Waals surface area contributed by atoms with Crippen LogP contribution >= 0.6 is 15.9 Å². The van der Waals surface area contributed by atoms with Gasteiger partial charge >= 0.3 is 6.18 Å². The van der Waals surface area contributed by atoms with Gasteiger partial charge in [-0.1, -0.05) is 0 Å². The molecule has 0 atom stereocenters. The molecule has 0 N–H and O–H groups in total. The minimum absolute atomic E-state index is 0.00734. The third kappa shape index (κ3) is 2.43. The van der Waals surface area contributed by atoms with Gasteiger partial charge in [0.05, 0.1) is 22.6 Å². The van der Waals surface area contributed by atoms with E-state index < -0.39 is 22.4 Å². The normalized spacial score (nSPS) is 11.3. The monoisotopic (exact) mass is 299 g/mol. The zero-order valence-electron chi connectivity index (χ0n) is 7.84. The standard InChI is InChI=1S/C8H5BrF3NO3/c1-16-7-3-6(13(14)15)4(2-5(7)9)8(10,11)12/h2-3H,1H3. The third-order valence-corrected chi connectivity index (χ3v) is 2.39. The van der Waals surface area contributed by atoms with Gasteiger partial charge in [-0.25, -0.2) is 0 Å². The van der Waals surface area contributed by atoms with Crippen molar-refractivity contribution in [2.24, 2.45) is 0 Å². The van der Waals surface area contributed by atoms with Crippen molar-refractivity contribution in [1.29, 1.82) is 0 Å². The lowest BCUT2D eigenvalue weighted by molar-refractivity contribution is -0.388. The summed E-state index contributed by atoms with van der Waals surface area (Å²) in [4.78, 5) is 9.38. The molecule has 0 fully saturated rings. The third-order valence-electron chi connectivity index (χ3n) is 1.77. The van der Waals surface area contributed by atoms with E-state index in [9.17, 15) is 23.3 Å². The van der Waals surface area contributed by atoms with Crippen molar-refractivity contribution in [1.82, 2.24) is 0 Å². The molecule has 0 aliphatic rings. The predicted molar refractivity (Wildman–Crippen MR) is 52.4 cm³/mol. The summed E-state index contributed by atoms with van der Waals surface area (Å²) in [5.41, 5.74) is -2.35. The number of methoxy groups -OCH3 is 1. The fraction of sp³-hybridized carbons (Fsp3) is 0.250. The Morgan fingerprint density at radius 3 is 2.38 bits per heavy atom. The van der Waals surface area contributed by atoms with E-state index in [4.69, 9.17) is 0 Å². The fourth-order valence-corrected chi connectivity index (χ4v) is 1.58. The second-order valence-corrected chi connectivity index (χ2v) is 3.61. The largest absolute Gasteiger partial charge is 0.495 e. The molecule has 0 spiro atoms. The van der Waals surface area contributed by atoms with Crippen molar-refractivity contribution >= 4 is 21.6 Å². The highest BCUT2D eigenvalue weighted by Crippen LogP contribution is 2.41. The van der Waals surface area contributed by atoms with Gasteiger partial charge in [-0.2, -0.15) is 13.2 Å². The molecule has 1 aromatic rings. The maximum Gasteiger partial charge on any atom is 0.423 e. The molecular weight excluding hydrogens is 295 g/mol. The van der Waals surface area contributed by atoms with Crippen LogP contribution in [0.4, 0.5) is 18.9 Å². The van der Waals surface area contributed by atoms with Crippen LogP contribution in [0.2, 0.25) is 0 Å². The molecule has 1 rings (SSSR count). The minimum atomic E-state index is -4.78. The highest BCUT2D eigenvalue weighted by atomic mass is 79.9. The van der Waals surface area contributed by atoms with Crippen molar-refractivity contribution in [2.45, 2.75) is 6.18 Å². The Bertz CT molecular complexity index is 433. The van der Waals surface area contributed by atoms with Crippen LogP contribution in [0.5, 0.6) is 5.75 Å². The van der Waals surface area contributed by atoms with Gasteiger partial charge < -0.3 is 4.74 Å². The Labute approximate surface area is 96.3 Å². The van der Waals surface area contributed by atoms with Crippen LogP contribution in [0.1, 0.15) is 5.56 Å². The van der Waals surface area contributed by atoms with Crippen LogP contribution in [0.15, 0.2) is 16.6 Å². The molecule has 0 aromatic heterocycles.